The highest BCUT2D eigenvalue weighted by atomic mass is 16.5. The third-order valence-electron chi connectivity index (χ3n) is 6.27. The lowest BCUT2D eigenvalue weighted by molar-refractivity contribution is -0.126. The molecule has 0 unspecified atom stereocenters. The van der Waals surface area contributed by atoms with Crippen LogP contribution in [0.1, 0.15) is 22.4 Å². The first-order valence-electron chi connectivity index (χ1n) is 11.6. The Morgan fingerprint density at radius 3 is 2.22 bits per heavy atom. The third kappa shape index (κ3) is 4.22. The smallest absolute Gasteiger partial charge is 0.247 e. The first-order valence-corrected chi connectivity index (χ1v) is 11.6. The van der Waals surface area contributed by atoms with Crippen LogP contribution in [0.4, 0.5) is 0 Å². The summed E-state index contributed by atoms with van der Waals surface area (Å²) in [4.78, 5) is 14.9. The number of amides is 1. The van der Waals surface area contributed by atoms with Crippen LogP contribution in [0.25, 0.3) is 17.6 Å². The summed E-state index contributed by atoms with van der Waals surface area (Å²) in [5.74, 6) is 2.43. The largest absolute Gasteiger partial charge is 0.493 e. The summed E-state index contributed by atoms with van der Waals surface area (Å²) < 4.78 is 20.2. The zero-order chi connectivity index (χ0) is 25.2. The molecule has 0 atom stereocenters. The molecule has 1 aliphatic rings. The lowest BCUT2D eigenvalue weighted by atomic mass is 10.1. The zero-order valence-corrected chi connectivity index (χ0v) is 20.8. The number of benzene rings is 2. The van der Waals surface area contributed by atoms with E-state index in [2.05, 4.69) is 31.2 Å². The van der Waals surface area contributed by atoms with Gasteiger partial charge in [-0.05, 0) is 55.0 Å². The van der Waals surface area contributed by atoms with Crippen LogP contribution in [0.3, 0.4) is 0 Å². The Bertz CT molecular complexity index is 1390. The average molecular weight is 485 g/mol. The van der Waals surface area contributed by atoms with Crippen LogP contribution in [0, 0.1) is 6.92 Å². The van der Waals surface area contributed by atoms with Crippen molar-refractivity contribution in [1.29, 1.82) is 0 Å². The molecule has 0 fully saturated rings. The molecule has 3 heterocycles. The van der Waals surface area contributed by atoms with Gasteiger partial charge < -0.3 is 23.7 Å². The molecular weight excluding hydrogens is 456 g/mol. The summed E-state index contributed by atoms with van der Waals surface area (Å²) in [6.45, 7) is 2.99. The average Bonchev–Trinajstić information content (AvgIpc) is 3.63. The molecule has 0 saturated heterocycles. The molecular formula is C28H28N4O4. The summed E-state index contributed by atoms with van der Waals surface area (Å²) in [6, 6.07) is 15.9. The minimum atomic E-state index is -0.0953. The van der Waals surface area contributed by atoms with E-state index in [1.807, 2.05) is 33.8 Å². The molecule has 8 heteroatoms. The summed E-state index contributed by atoms with van der Waals surface area (Å²) in [5.41, 5.74) is 4.89. The van der Waals surface area contributed by atoms with E-state index in [9.17, 15) is 4.79 Å². The number of hydrogen-bond donors (Lipinski definition) is 0. The van der Waals surface area contributed by atoms with Gasteiger partial charge in [-0.15, -0.1) is 0 Å². The van der Waals surface area contributed by atoms with Gasteiger partial charge in [-0.3, -0.25) is 4.79 Å². The second-order valence-electron chi connectivity index (χ2n) is 8.57. The highest BCUT2D eigenvalue weighted by molar-refractivity contribution is 5.92. The van der Waals surface area contributed by atoms with E-state index in [4.69, 9.17) is 19.3 Å². The molecule has 36 heavy (non-hydrogen) atoms. The third-order valence-corrected chi connectivity index (χ3v) is 6.27. The maximum Gasteiger partial charge on any atom is 0.247 e. The number of hydrogen-bond acceptors (Lipinski definition) is 5. The first-order chi connectivity index (χ1) is 17.5. The molecule has 8 nitrogen and oxygen atoms in total. The zero-order valence-electron chi connectivity index (χ0n) is 20.8. The number of aromatic nitrogens is 3. The monoisotopic (exact) mass is 484 g/mol. The van der Waals surface area contributed by atoms with Crippen molar-refractivity contribution in [3.8, 4) is 28.8 Å². The molecule has 0 N–H and O–H groups in total. The van der Waals surface area contributed by atoms with Crippen LogP contribution < -0.4 is 14.2 Å². The van der Waals surface area contributed by atoms with Gasteiger partial charge in [-0.25, -0.2) is 4.68 Å². The Morgan fingerprint density at radius 1 is 0.944 bits per heavy atom. The fourth-order valence-electron chi connectivity index (χ4n) is 4.44. The molecule has 2 aromatic heterocycles. The molecule has 5 rings (SSSR count). The second-order valence-corrected chi connectivity index (χ2v) is 8.57. The Kier molecular flexibility index (Phi) is 6.25. The highest BCUT2D eigenvalue weighted by Gasteiger charge is 2.30. The van der Waals surface area contributed by atoms with E-state index in [1.54, 1.807) is 50.5 Å². The van der Waals surface area contributed by atoms with Crippen LogP contribution in [0.15, 0.2) is 67.0 Å². The number of fused-ring (bicyclic) bond motifs is 1. The van der Waals surface area contributed by atoms with Gasteiger partial charge in [-0.2, -0.15) is 5.10 Å². The van der Waals surface area contributed by atoms with Crippen molar-refractivity contribution in [3.63, 3.8) is 0 Å². The maximum atomic E-state index is 13.1. The predicted octanol–water partition coefficient (Wildman–Crippen LogP) is 4.55. The Labute approximate surface area is 209 Å². The number of carbonyl (C=O) groups excluding carboxylic acids is 1. The Balaban J connectivity index is 1.41. The van der Waals surface area contributed by atoms with Crippen molar-refractivity contribution in [2.24, 2.45) is 0 Å². The SMILES string of the molecule is COc1cc(C=CC(=O)N2Cc3nn(-c4ccc(C)cc4)c(-n4cccc4)c3C2)cc(OC)c1OC. The number of methoxy groups -OCH3 is 3. The molecule has 1 aliphatic heterocycles. The maximum absolute atomic E-state index is 13.1. The van der Waals surface area contributed by atoms with Crippen molar-refractivity contribution in [1.82, 2.24) is 19.2 Å². The minimum absolute atomic E-state index is 0.0953. The van der Waals surface area contributed by atoms with E-state index in [1.165, 1.54) is 5.56 Å². The predicted molar refractivity (Wildman–Crippen MR) is 137 cm³/mol. The minimum Gasteiger partial charge on any atom is -0.493 e. The van der Waals surface area contributed by atoms with Gasteiger partial charge in [-0.1, -0.05) is 17.7 Å². The van der Waals surface area contributed by atoms with Crippen molar-refractivity contribution in [2.45, 2.75) is 20.0 Å². The van der Waals surface area contributed by atoms with Crippen LogP contribution in [0.2, 0.25) is 0 Å². The molecule has 0 spiro atoms. The Hall–Kier alpha value is -4.46. The van der Waals surface area contributed by atoms with Gasteiger partial charge in [0.05, 0.1) is 45.8 Å². The molecule has 4 aromatic rings. The summed E-state index contributed by atoms with van der Waals surface area (Å²) >= 11 is 0. The molecule has 1 amide bonds. The van der Waals surface area contributed by atoms with Crippen LogP contribution >= 0.6 is 0 Å². The van der Waals surface area contributed by atoms with E-state index in [-0.39, 0.29) is 5.91 Å². The van der Waals surface area contributed by atoms with Crippen LogP contribution in [-0.4, -0.2) is 46.5 Å². The summed E-state index contributed by atoms with van der Waals surface area (Å²) in [6.07, 6.45) is 7.31. The normalized spacial score (nSPS) is 12.7. The number of rotatable bonds is 7. The van der Waals surface area contributed by atoms with E-state index >= 15 is 0 Å². The van der Waals surface area contributed by atoms with Gasteiger partial charge in [0.1, 0.15) is 5.82 Å². The van der Waals surface area contributed by atoms with Crippen molar-refractivity contribution in [3.05, 3.63) is 89.4 Å². The number of aryl methyl sites for hydroxylation is 1. The van der Waals surface area contributed by atoms with Crippen LogP contribution in [0.5, 0.6) is 17.2 Å². The second kappa shape index (κ2) is 9.65. The lowest BCUT2D eigenvalue weighted by Crippen LogP contribution is -2.24. The Morgan fingerprint density at radius 2 is 1.61 bits per heavy atom. The molecule has 184 valence electrons. The molecule has 0 radical (unpaired) electrons. The number of ether oxygens (including phenoxy) is 3. The van der Waals surface area contributed by atoms with Crippen LogP contribution in [-0.2, 0) is 17.9 Å². The lowest BCUT2D eigenvalue weighted by Gasteiger charge is -2.16. The highest BCUT2D eigenvalue weighted by Crippen LogP contribution is 2.38. The quantitative estimate of drug-likeness (QED) is 0.360. The van der Waals surface area contributed by atoms with Crippen molar-refractivity contribution >= 4 is 12.0 Å². The standard InChI is InChI=1S/C28H28N4O4/c1-19-7-10-21(11-8-19)32-28(30-13-5-6-14-30)22-17-31(18-23(22)29-32)26(33)12-9-20-15-24(34-2)27(36-4)25(16-20)35-3/h5-16H,17-18H2,1-4H3. The van der Waals surface area contributed by atoms with Gasteiger partial charge in [0.2, 0.25) is 11.7 Å². The van der Waals surface area contributed by atoms with Gasteiger partial charge in [0.25, 0.3) is 0 Å². The van der Waals surface area contributed by atoms with Gasteiger partial charge >= 0.3 is 0 Å². The van der Waals surface area contributed by atoms with Crippen molar-refractivity contribution in [2.75, 3.05) is 21.3 Å². The summed E-state index contributed by atoms with van der Waals surface area (Å²) in [5, 5.41) is 4.89. The molecule has 0 aliphatic carbocycles. The van der Waals surface area contributed by atoms with Crippen molar-refractivity contribution < 1.29 is 19.0 Å². The number of nitrogens with zero attached hydrogens (tertiary/aromatic N) is 4. The molecule has 0 saturated carbocycles. The fourth-order valence-corrected chi connectivity index (χ4v) is 4.44. The molecule has 2 aromatic carbocycles. The van der Waals surface area contributed by atoms with E-state index in [0.29, 0.717) is 30.3 Å². The molecule has 0 bridgehead atoms. The van der Waals surface area contributed by atoms with E-state index < -0.39 is 0 Å². The fraction of sp³-hybridized carbons (Fsp3) is 0.214. The first kappa shape index (κ1) is 23.3. The summed E-state index contributed by atoms with van der Waals surface area (Å²) in [7, 11) is 4.69. The number of carbonyl (C=O) groups is 1. The topological polar surface area (TPSA) is 70.8 Å². The van der Waals surface area contributed by atoms with E-state index in [0.717, 1.165) is 28.3 Å². The van der Waals surface area contributed by atoms with Gasteiger partial charge in [0, 0.05) is 24.0 Å². The van der Waals surface area contributed by atoms with Gasteiger partial charge in [0.15, 0.2) is 11.5 Å².